The molecule has 3 aromatic rings. The van der Waals surface area contributed by atoms with Crippen LogP contribution in [-0.4, -0.2) is 45.9 Å². The van der Waals surface area contributed by atoms with Crippen molar-refractivity contribution in [2.75, 3.05) is 19.7 Å². The monoisotopic (exact) mass is 402 g/mol. The fourth-order valence-corrected chi connectivity index (χ4v) is 4.22. The number of halogens is 1. The molecule has 1 fully saturated rings. The molecule has 1 saturated heterocycles. The number of fused-ring (bicyclic) bond motifs is 1. The van der Waals surface area contributed by atoms with E-state index in [0.29, 0.717) is 31.9 Å². The maximum absolute atomic E-state index is 12.9. The molecule has 0 saturated carbocycles. The van der Waals surface area contributed by atoms with E-state index in [4.69, 9.17) is 4.74 Å². The molecule has 1 aliphatic rings. The Morgan fingerprint density at radius 1 is 1.29 bits per heavy atom. The summed E-state index contributed by atoms with van der Waals surface area (Å²) in [7, 11) is 0. The van der Waals surface area contributed by atoms with Crippen LogP contribution < -0.4 is 10.1 Å². The Bertz CT molecular complexity index is 895. The molecule has 8 heteroatoms. The van der Waals surface area contributed by atoms with E-state index < -0.39 is 0 Å². The minimum Gasteiger partial charge on any atom is -0.492 e. The number of aromatic nitrogens is 2. The summed E-state index contributed by atoms with van der Waals surface area (Å²) in [5.41, 5.74) is 0.938. The second kappa shape index (κ2) is 8.70. The molecule has 28 heavy (non-hydrogen) atoms. The Morgan fingerprint density at radius 2 is 2.14 bits per heavy atom. The zero-order chi connectivity index (χ0) is 19.3. The summed E-state index contributed by atoms with van der Waals surface area (Å²) < 4.78 is 20.4. The molecule has 1 amide bonds. The van der Waals surface area contributed by atoms with E-state index in [1.807, 2.05) is 27.1 Å². The number of likely N-dealkylation sites (tertiary alicyclic amines) is 1. The third-order valence-corrected chi connectivity index (χ3v) is 5.71. The highest BCUT2D eigenvalue weighted by atomic mass is 32.1. The lowest BCUT2D eigenvalue weighted by atomic mass is 10.1. The van der Waals surface area contributed by atoms with Crippen LogP contribution in [0.4, 0.5) is 4.39 Å². The SMILES string of the molecule is O=C1CCC(CCNCCOc2ccc(F)cc2)N1Cc1cn2ccsc2n1. The predicted octanol–water partition coefficient (Wildman–Crippen LogP) is 3.08. The summed E-state index contributed by atoms with van der Waals surface area (Å²) in [5.74, 6) is 0.605. The summed E-state index contributed by atoms with van der Waals surface area (Å²) in [4.78, 5) is 19.8. The molecule has 1 N–H and O–H groups in total. The van der Waals surface area contributed by atoms with Gasteiger partial charge in [-0.15, -0.1) is 11.3 Å². The Morgan fingerprint density at radius 3 is 2.96 bits per heavy atom. The van der Waals surface area contributed by atoms with Crippen molar-refractivity contribution >= 4 is 22.2 Å². The van der Waals surface area contributed by atoms with Crippen molar-refractivity contribution in [3.8, 4) is 5.75 Å². The molecule has 0 spiro atoms. The van der Waals surface area contributed by atoms with Crippen molar-refractivity contribution in [3.63, 3.8) is 0 Å². The van der Waals surface area contributed by atoms with Gasteiger partial charge in [0.1, 0.15) is 18.2 Å². The number of carbonyl (C=O) groups excluding carboxylic acids is 1. The molecule has 0 radical (unpaired) electrons. The van der Waals surface area contributed by atoms with Crippen LogP contribution in [0.2, 0.25) is 0 Å². The van der Waals surface area contributed by atoms with E-state index in [9.17, 15) is 9.18 Å². The number of nitrogens with one attached hydrogen (secondary N) is 1. The van der Waals surface area contributed by atoms with Crippen molar-refractivity contribution in [3.05, 3.63) is 53.6 Å². The molecular weight excluding hydrogens is 379 g/mol. The Kier molecular flexibility index (Phi) is 5.87. The summed E-state index contributed by atoms with van der Waals surface area (Å²) in [5, 5.41) is 5.36. The standard InChI is InChI=1S/C20H23FN4O2S/c21-15-1-4-18(5-2-15)27-11-9-22-8-7-17-3-6-19(26)25(17)14-16-13-24-10-12-28-20(24)23-16/h1-2,4-5,10,12-13,17,22H,3,6-9,11,14H2. The van der Waals surface area contributed by atoms with Crippen LogP contribution in [-0.2, 0) is 11.3 Å². The van der Waals surface area contributed by atoms with Crippen molar-refractivity contribution in [2.24, 2.45) is 0 Å². The highest BCUT2D eigenvalue weighted by molar-refractivity contribution is 7.15. The number of thiazole rings is 1. The van der Waals surface area contributed by atoms with E-state index in [-0.39, 0.29) is 17.8 Å². The third-order valence-electron chi connectivity index (χ3n) is 4.94. The number of benzene rings is 1. The third kappa shape index (κ3) is 4.51. The average Bonchev–Trinajstić information content (AvgIpc) is 3.37. The summed E-state index contributed by atoms with van der Waals surface area (Å²) in [6.45, 7) is 2.62. The number of amides is 1. The van der Waals surface area contributed by atoms with E-state index in [0.717, 1.165) is 30.0 Å². The summed E-state index contributed by atoms with van der Waals surface area (Å²) in [6.07, 6.45) is 6.40. The molecule has 4 rings (SSSR count). The van der Waals surface area contributed by atoms with Crippen molar-refractivity contribution < 1.29 is 13.9 Å². The van der Waals surface area contributed by atoms with Gasteiger partial charge in [-0.25, -0.2) is 9.37 Å². The van der Waals surface area contributed by atoms with Gasteiger partial charge in [-0.1, -0.05) is 0 Å². The van der Waals surface area contributed by atoms with E-state index >= 15 is 0 Å². The van der Waals surface area contributed by atoms with Gasteiger partial charge in [-0.2, -0.15) is 0 Å². The van der Waals surface area contributed by atoms with E-state index in [2.05, 4.69) is 10.3 Å². The van der Waals surface area contributed by atoms with Gasteiger partial charge in [0.2, 0.25) is 5.91 Å². The van der Waals surface area contributed by atoms with E-state index in [1.165, 1.54) is 12.1 Å². The fourth-order valence-electron chi connectivity index (χ4n) is 3.50. The molecule has 1 aromatic carbocycles. The maximum atomic E-state index is 12.9. The van der Waals surface area contributed by atoms with Gasteiger partial charge in [0.25, 0.3) is 0 Å². The van der Waals surface area contributed by atoms with Gasteiger partial charge >= 0.3 is 0 Å². The fraction of sp³-hybridized carbons (Fsp3) is 0.400. The van der Waals surface area contributed by atoms with Crippen LogP contribution in [0.5, 0.6) is 5.75 Å². The van der Waals surface area contributed by atoms with Crippen LogP contribution >= 0.6 is 11.3 Å². The first-order valence-corrected chi connectivity index (χ1v) is 10.4. The second-order valence-corrected chi connectivity index (χ2v) is 7.75. The normalized spacial score (nSPS) is 17.0. The predicted molar refractivity (Wildman–Crippen MR) is 106 cm³/mol. The minimum atomic E-state index is -0.267. The molecule has 1 atom stereocenters. The van der Waals surface area contributed by atoms with Gasteiger partial charge in [-0.3, -0.25) is 9.20 Å². The van der Waals surface area contributed by atoms with Gasteiger partial charge < -0.3 is 15.0 Å². The van der Waals surface area contributed by atoms with Crippen molar-refractivity contribution in [2.45, 2.75) is 31.8 Å². The van der Waals surface area contributed by atoms with Crippen molar-refractivity contribution in [1.29, 1.82) is 0 Å². The second-order valence-electron chi connectivity index (χ2n) is 6.88. The summed E-state index contributed by atoms with van der Waals surface area (Å²) >= 11 is 1.60. The van der Waals surface area contributed by atoms with Crippen LogP contribution in [0.15, 0.2) is 42.0 Å². The lowest BCUT2D eigenvalue weighted by molar-refractivity contribution is -0.129. The van der Waals surface area contributed by atoms with Crippen LogP contribution in [0, 0.1) is 5.82 Å². The molecule has 2 aromatic heterocycles. The number of carbonyl (C=O) groups is 1. The molecular formula is C20H23FN4O2S. The maximum Gasteiger partial charge on any atom is 0.223 e. The molecule has 1 aliphatic heterocycles. The minimum absolute atomic E-state index is 0.209. The first-order chi connectivity index (χ1) is 13.7. The number of hydrogen-bond donors (Lipinski definition) is 1. The number of hydrogen-bond acceptors (Lipinski definition) is 5. The quantitative estimate of drug-likeness (QED) is 0.559. The Balaban J connectivity index is 1.19. The van der Waals surface area contributed by atoms with Crippen molar-refractivity contribution in [1.82, 2.24) is 19.6 Å². The number of imidazole rings is 1. The highest BCUT2D eigenvalue weighted by Gasteiger charge is 2.30. The van der Waals surface area contributed by atoms with Gasteiger partial charge in [-0.05, 0) is 43.7 Å². The van der Waals surface area contributed by atoms with Crippen LogP contribution in [0.1, 0.15) is 25.0 Å². The Labute approximate surface area is 166 Å². The topological polar surface area (TPSA) is 58.9 Å². The molecule has 148 valence electrons. The first kappa shape index (κ1) is 18.9. The number of ether oxygens (including phenoxy) is 1. The molecule has 1 unspecified atom stereocenters. The molecule has 3 heterocycles. The highest BCUT2D eigenvalue weighted by Crippen LogP contribution is 2.24. The van der Waals surface area contributed by atoms with Gasteiger partial charge in [0.05, 0.1) is 12.2 Å². The number of rotatable bonds is 9. The molecule has 6 nitrogen and oxygen atoms in total. The summed E-state index contributed by atoms with van der Waals surface area (Å²) in [6, 6.07) is 6.27. The zero-order valence-electron chi connectivity index (χ0n) is 15.5. The lowest BCUT2D eigenvalue weighted by Crippen LogP contribution is -2.35. The zero-order valence-corrected chi connectivity index (χ0v) is 16.3. The Hall–Kier alpha value is -2.45. The van der Waals surface area contributed by atoms with Crippen LogP contribution in [0.25, 0.3) is 4.96 Å². The van der Waals surface area contributed by atoms with Gasteiger partial charge in [0, 0.05) is 36.8 Å². The lowest BCUT2D eigenvalue weighted by Gasteiger charge is -2.24. The molecule has 0 aliphatic carbocycles. The first-order valence-electron chi connectivity index (χ1n) is 9.49. The van der Waals surface area contributed by atoms with Gasteiger partial charge in [0.15, 0.2) is 4.96 Å². The largest absolute Gasteiger partial charge is 0.492 e. The van der Waals surface area contributed by atoms with Crippen LogP contribution in [0.3, 0.4) is 0 Å². The smallest absolute Gasteiger partial charge is 0.223 e. The molecule has 0 bridgehead atoms. The number of nitrogens with zero attached hydrogens (tertiary/aromatic N) is 3. The van der Waals surface area contributed by atoms with E-state index in [1.54, 1.807) is 23.5 Å². The average molecular weight is 402 g/mol.